The van der Waals surface area contributed by atoms with Gasteiger partial charge in [-0.25, -0.2) is 8.42 Å². The number of aryl methyl sites for hydroxylation is 1. The number of nitrogens with zero attached hydrogens (tertiary/aromatic N) is 1. The molecule has 0 radical (unpaired) electrons. The molecule has 0 saturated carbocycles. The fraction of sp³-hybridized carbons (Fsp3) is 0.636. The van der Waals surface area contributed by atoms with Crippen LogP contribution in [0.3, 0.4) is 0 Å². The predicted molar refractivity (Wildman–Crippen MR) is 74.9 cm³/mol. The van der Waals surface area contributed by atoms with E-state index in [1.54, 1.807) is 6.07 Å². The summed E-state index contributed by atoms with van der Waals surface area (Å²) in [5.41, 5.74) is 0. The first-order valence-electron chi connectivity index (χ1n) is 5.68. The fourth-order valence-electron chi connectivity index (χ4n) is 1.92. The van der Waals surface area contributed by atoms with Gasteiger partial charge in [0.25, 0.3) is 10.0 Å². The lowest BCUT2D eigenvalue weighted by Crippen LogP contribution is -2.51. The quantitative estimate of drug-likeness (QED) is 0.834. The molecular formula is C11H17NO3S3. The molecule has 0 N–H and O–H groups in total. The topological polar surface area (TPSA) is 54.5 Å². The van der Waals surface area contributed by atoms with Crippen molar-refractivity contribution in [1.29, 1.82) is 0 Å². The summed E-state index contributed by atoms with van der Waals surface area (Å²) in [5.74, 6) is 0.413. The van der Waals surface area contributed by atoms with E-state index in [1.165, 1.54) is 15.6 Å². The molecule has 0 spiro atoms. The number of sulfonamides is 1. The van der Waals surface area contributed by atoms with E-state index in [1.807, 2.05) is 26.8 Å². The zero-order valence-electron chi connectivity index (χ0n) is 10.7. The lowest BCUT2D eigenvalue weighted by Gasteiger charge is -2.36. The van der Waals surface area contributed by atoms with E-state index in [-0.39, 0.29) is 0 Å². The Morgan fingerprint density at radius 1 is 1.39 bits per heavy atom. The van der Waals surface area contributed by atoms with Gasteiger partial charge in [-0.05, 0) is 32.9 Å². The second-order valence-corrected chi connectivity index (χ2v) is 10.7. The highest BCUT2D eigenvalue weighted by atomic mass is 32.2. The molecule has 1 saturated heterocycles. The molecule has 1 aromatic heterocycles. The molecule has 2 rings (SSSR count). The molecule has 7 heteroatoms. The summed E-state index contributed by atoms with van der Waals surface area (Å²) in [7, 11) is -4.38. The maximum Gasteiger partial charge on any atom is 0.252 e. The largest absolute Gasteiger partial charge is 0.259 e. The molecule has 4 nitrogen and oxygen atoms in total. The number of hydrogen-bond donors (Lipinski definition) is 0. The minimum absolute atomic E-state index is 0.318. The number of hydrogen-bond acceptors (Lipinski definition) is 4. The van der Waals surface area contributed by atoms with E-state index in [4.69, 9.17) is 0 Å². The van der Waals surface area contributed by atoms with E-state index >= 15 is 0 Å². The predicted octanol–water partition coefficient (Wildman–Crippen LogP) is 1.59. The molecule has 1 aliphatic rings. The molecule has 2 heterocycles. The van der Waals surface area contributed by atoms with Gasteiger partial charge in [-0.2, -0.15) is 4.31 Å². The summed E-state index contributed by atoms with van der Waals surface area (Å²) < 4.78 is 38.0. The van der Waals surface area contributed by atoms with Crippen molar-refractivity contribution in [3.63, 3.8) is 0 Å². The van der Waals surface area contributed by atoms with E-state index in [2.05, 4.69) is 0 Å². The van der Waals surface area contributed by atoms with Crippen LogP contribution in [-0.4, -0.2) is 40.5 Å². The average Bonchev–Trinajstić information content (AvgIpc) is 2.69. The van der Waals surface area contributed by atoms with Gasteiger partial charge in [0.15, 0.2) is 0 Å². The molecule has 1 atom stereocenters. The maximum absolute atomic E-state index is 12.4. The summed E-state index contributed by atoms with van der Waals surface area (Å²) in [6.45, 7) is 6.25. The molecule has 0 unspecified atom stereocenters. The van der Waals surface area contributed by atoms with Crippen LogP contribution in [-0.2, 0) is 20.8 Å². The molecular weight excluding hydrogens is 290 g/mol. The fourth-order valence-corrected chi connectivity index (χ4v) is 6.40. The minimum atomic E-state index is -3.42. The third kappa shape index (κ3) is 2.54. The van der Waals surface area contributed by atoms with Gasteiger partial charge in [-0.15, -0.1) is 11.3 Å². The van der Waals surface area contributed by atoms with E-state index in [0.29, 0.717) is 23.1 Å². The maximum atomic E-state index is 12.4. The third-order valence-electron chi connectivity index (χ3n) is 3.01. The number of thiophene rings is 1. The minimum Gasteiger partial charge on any atom is -0.259 e. The first-order chi connectivity index (χ1) is 8.23. The molecule has 0 amide bonds. The van der Waals surface area contributed by atoms with Crippen LogP contribution >= 0.6 is 11.3 Å². The van der Waals surface area contributed by atoms with Crippen molar-refractivity contribution in [1.82, 2.24) is 4.31 Å². The second kappa shape index (κ2) is 4.70. The first kappa shape index (κ1) is 14.2. The zero-order chi connectivity index (χ0) is 13.6. The van der Waals surface area contributed by atoms with Gasteiger partial charge in [0.2, 0.25) is 0 Å². The molecule has 102 valence electrons. The van der Waals surface area contributed by atoms with Crippen molar-refractivity contribution in [2.45, 2.75) is 29.7 Å². The molecule has 0 bridgehead atoms. The summed E-state index contributed by atoms with van der Waals surface area (Å²) in [6.07, 6.45) is 0. The van der Waals surface area contributed by atoms with Crippen molar-refractivity contribution < 1.29 is 12.6 Å². The Balaban J connectivity index is 2.30. The van der Waals surface area contributed by atoms with E-state index < -0.39 is 25.6 Å². The average molecular weight is 307 g/mol. The van der Waals surface area contributed by atoms with Gasteiger partial charge in [0, 0.05) is 34.5 Å². The van der Waals surface area contributed by atoms with Crippen LogP contribution in [0.4, 0.5) is 0 Å². The monoisotopic (exact) mass is 307 g/mol. The van der Waals surface area contributed by atoms with Crippen LogP contribution < -0.4 is 0 Å². The lowest BCUT2D eigenvalue weighted by atomic mass is 10.2. The summed E-state index contributed by atoms with van der Waals surface area (Å²) in [6, 6.07) is 3.46. The molecule has 0 aliphatic carbocycles. The number of rotatable bonds is 2. The standard InChI is InChI=1S/C11H17NO3S3/c1-9-4-5-10(16-9)18(14,15)12-6-7-17(13)11(2,3)8-12/h4-5H,6-8H2,1-3H3/t17-/m1/s1. The Morgan fingerprint density at radius 3 is 2.56 bits per heavy atom. The van der Waals surface area contributed by atoms with Crippen molar-refractivity contribution in [2.75, 3.05) is 18.8 Å². The van der Waals surface area contributed by atoms with Crippen LogP contribution in [0.5, 0.6) is 0 Å². The molecule has 0 aromatic carbocycles. The Morgan fingerprint density at radius 2 is 2.06 bits per heavy atom. The highest BCUT2D eigenvalue weighted by Crippen LogP contribution is 2.29. The first-order valence-corrected chi connectivity index (χ1v) is 9.26. The van der Waals surface area contributed by atoms with Gasteiger partial charge in [0.1, 0.15) is 4.21 Å². The van der Waals surface area contributed by atoms with Crippen LogP contribution in [0.2, 0.25) is 0 Å². The summed E-state index contributed by atoms with van der Waals surface area (Å²) >= 11 is 1.28. The Labute approximate surface area is 115 Å². The normalized spacial score (nSPS) is 25.2. The van der Waals surface area contributed by atoms with Gasteiger partial charge >= 0.3 is 0 Å². The molecule has 18 heavy (non-hydrogen) atoms. The highest BCUT2D eigenvalue weighted by molar-refractivity contribution is 7.91. The Hall–Kier alpha value is -0.240. The Kier molecular flexibility index (Phi) is 3.70. The van der Waals surface area contributed by atoms with Gasteiger partial charge < -0.3 is 0 Å². The zero-order valence-corrected chi connectivity index (χ0v) is 13.1. The summed E-state index contributed by atoms with van der Waals surface area (Å²) in [5, 5.41) is 0. The SMILES string of the molecule is Cc1ccc(S(=O)(=O)N2CC[S@@](=O)C(C)(C)C2)s1. The molecule has 1 fully saturated rings. The van der Waals surface area contributed by atoms with Crippen LogP contribution in [0.15, 0.2) is 16.3 Å². The molecule has 1 aromatic rings. The van der Waals surface area contributed by atoms with Gasteiger partial charge in [-0.1, -0.05) is 0 Å². The van der Waals surface area contributed by atoms with Crippen molar-refractivity contribution >= 4 is 32.2 Å². The van der Waals surface area contributed by atoms with E-state index in [0.717, 1.165) is 4.88 Å². The summed E-state index contributed by atoms with van der Waals surface area (Å²) in [4.78, 5) is 0.980. The van der Waals surface area contributed by atoms with Gasteiger partial charge in [-0.3, -0.25) is 4.21 Å². The van der Waals surface area contributed by atoms with Gasteiger partial charge in [0.05, 0.1) is 4.75 Å². The highest BCUT2D eigenvalue weighted by Gasteiger charge is 2.39. The smallest absolute Gasteiger partial charge is 0.252 e. The van der Waals surface area contributed by atoms with Crippen LogP contribution in [0.25, 0.3) is 0 Å². The van der Waals surface area contributed by atoms with E-state index in [9.17, 15) is 12.6 Å². The lowest BCUT2D eigenvalue weighted by molar-refractivity contribution is 0.379. The molecule has 1 aliphatic heterocycles. The van der Waals surface area contributed by atoms with Crippen LogP contribution in [0.1, 0.15) is 18.7 Å². The van der Waals surface area contributed by atoms with Crippen molar-refractivity contribution in [3.05, 3.63) is 17.0 Å². The van der Waals surface area contributed by atoms with Crippen molar-refractivity contribution in [3.8, 4) is 0 Å². The van der Waals surface area contributed by atoms with Crippen molar-refractivity contribution in [2.24, 2.45) is 0 Å². The van der Waals surface area contributed by atoms with Crippen LogP contribution in [0, 0.1) is 6.92 Å². The Bertz CT molecular complexity index is 574. The second-order valence-electron chi connectivity index (χ2n) is 5.01. The third-order valence-corrected chi connectivity index (χ3v) is 8.24.